The molecule has 0 saturated carbocycles. The van der Waals surface area contributed by atoms with Crippen molar-refractivity contribution in [2.75, 3.05) is 0 Å². The van der Waals surface area contributed by atoms with Gasteiger partial charge in [-0.25, -0.2) is 0 Å². The second-order valence-electron chi connectivity index (χ2n) is 7.70. The minimum Gasteiger partial charge on any atom is -0.0739 e. The summed E-state index contributed by atoms with van der Waals surface area (Å²) in [6.45, 7) is 7.00. The van der Waals surface area contributed by atoms with Crippen molar-refractivity contribution in [2.24, 2.45) is 0 Å². The molecule has 20 heavy (non-hydrogen) atoms. The van der Waals surface area contributed by atoms with E-state index in [4.69, 9.17) is 0 Å². The van der Waals surface area contributed by atoms with Gasteiger partial charge in [0.1, 0.15) is 13.4 Å². The van der Waals surface area contributed by atoms with Gasteiger partial charge in [0.15, 0.2) is 0 Å². The van der Waals surface area contributed by atoms with E-state index in [9.17, 15) is 0 Å². The van der Waals surface area contributed by atoms with Gasteiger partial charge in [-0.05, 0) is 0 Å². The predicted octanol–water partition coefficient (Wildman–Crippen LogP) is 6.68. The van der Waals surface area contributed by atoms with Crippen LogP contribution in [0, 0.1) is 0 Å². The Morgan fingerprint density at radius 3 is 1.25 bits per heavy atom. The molecule has 0 aliphatic carbocycles. The van der Waals surface area contributed by atoms with Crippen molar-refractivity contribution in [1.82, 2.24) is 0 Å². The lowest BCUT2D eigenvalue weighted by Crippen LogP contribution is -2.34. The first-order valence-corrected chi connectivity index (χ1v) is 9.86. The second-order valence-corrected chi connectivity index (χ2v) is 7.70. The van der Waals surface area contributed by atoms with E-state index in [0.717, 1.165) is 25.1 Å². The lowest BCUT2D eigenvalue weighted by atomic mass is 9.22. The van der Waals surface area contributed by atoms with Crippen molar-refractivity contribution < 1.29 is 0 Å². The molecule has 2 fully saturated rings. The fourth-order valence-electron chi connectivity index (χ4n) is 5.39. The normalized spacial score (nSPS) is 23.7. The summed E-state index contributed by atoms with van der Waals surface area (Å²) in [7, 11) is 0. The molecule has 114 valence electrons. The predicted molar refractivity (Wildman–Crippen MR) is 95.8 cm³/mol. The van der Waals surface area contributed by atoms with E-state index in [0.29, 0.717) is 0 Å². The summed E-state index contributed by atoms with van der Waals surface area (Å²) in [4.78, 5) is 0. The Morgan fingerprint density at radius 2 is 0.950 bits per heavy atom. The highest BCUT2D eigenvalue weighted by Gasteiger charge is 2.37. The summed E-state index contributed by atoms with van der Waals surface area (Å²) in [5.41, 5.74) is 0. The van der Waals surface area contributed by atoms with Gasteiger partial charge in [0.2, 0.25) is 0 Å². The molecule has 2 aliphatic heterocycles. The maximum Gasteiger partial charge on any atom is 0.142 e. The summed E-state index contributed by atoms with van der Waals surface area (Å²) in [6.07, 6.45) is 21.2. The van der Waals surface area contributed by atoms with Crippen LogP contribution < -0.4 is 0 Å². The molecule has 0 aromatic carbocycles. The first-order chi connectivity index (χ1) is 9.86. The van der Waals surface area contributed by atoms with Crippen LogP contribution in [0.3, 0.4) is 0 Å². The molecule has 0 N–H and O–H groups in total. The third kappa shape index (κ3) is 4.57. The van der Waals surface area contributed by atoms with Crippen LogP contribution in [0.4, 0.5) is 0 Å². The summed E-state index contributed by atoms with van der Waals surface area (Å²) in [5, 5.41) is 0. The first-order valence-electron chi connectivity index (χ1n) is 9.86. The first kappa shape index (κ1) is 16.5. The van der Waals surface area contributed by atoms with E-state index in [-0.39, 0.29) is 0 Å². The molecule has 2 rings (SSSR count). The van der Waals surface area contributed by atoms with E-state index in [1.54, 1.807) is 25.3 Å². The number of rotatable bonds is 7. The molecule has 2 saturated heterocycles. The Hall–Kier alpha value is 0.130. The highest BCUT2D eigenvalue weighted by Crippen LogP contribution is 2.45. The zero-order valence-electron chi connectivity index (χ0n) is 14.2. The molecule has 2 heteroatoms. The fraction of sp³-hybridized carbons (Fsp3) is 1.00. The molecule has 0 spiro atoms. The van der Waals surface area contributed by atoms with Crippen molar-refractivity contribution in [2.45, 2.75) is 115 Å². The molecular formula is C18H36B2. The Morgan fingerprint density at radius 1 is 0.600 bits per heavy atom. The van der Waals surface area contributed by atoms with E-state index in [2.05, 4.69) is 13.8 Å². The Kier molecular flexibility index (Phi) is 7.60. The zero-order valence-corrected chi connectivity index (χ0v) is 14.2. The Bertz CT molecular complexity index is 216. The smallest absolute Gasteiger partial charge is 0.0739 e. The number of hydrogen-bond donors (Lipinski definition) is 0. The van der Waals surface area contributed by atoms with E-state index < -0.39 is 0 Å². The van der Waals surface area contributed by atoms with Crippen molar-refractivity contribution in [1.29, 1.82) is 0 Å². The Balaban J connectivity index is 2.03. The SMILES string of the molecule is CCCC(B1CCCCC1)C(CCC)B1CCCCC1. The highest BCUT2D eigenvalue weighted by atomic mass is 14.2. The van der Waals surface area contributed by atoms with Gasteiger partial charge in [-0.1, -0.05) is 115 Å². The molecule has 0 amide bonds. The lowest BCUT2D eigenvalue weighted by molar-refractivity contribution is 0.570. The fourth-order valence-corrected chi connectivity index (χ4v) is 5.39. The average Bonchev–Trinajstić information content (AvgIpc) is 2.52. The molecule has 0 nitrogen and oxygen atoms in total. The molecule has 2 heterocycles. The maximum atomic E-state index is 2.42. The van der Waals surface area contributed by atoms with Crippen molar-refractivity contribution in [3.05, 3.63) is 0 Å². The van der Waals surface area contributed by atoms with Crippen molar-refractivity contribution in [3.8, 4) is 0 Å². The van der Waals surface area contributed by atoms with Gasteiger partial charge in [-0.15, -0.1) is 0 Å². The van der Waals surface area contributed by atoms with Crippen molar-refractivity contribution in [3.63, 3.8) is 0 Å². The van der Waals surface area contributed by atoms with Crippen LogP contribution in [-0.4, -0.2) is 13.4 Å². The molecule has 0 aromatic rings. The second kappa shape index (κ2) is 9.21. The quantitative estimate of drug-likeness (QED) is 0.454. The van der Waals surface area contributed by atoms with Crippen molar-refractivity contribution >= 4 is 13.4 Å². The molecule has 2 atom stereocenters. The summed E-state index contributed by atoms with van der Waals surface area (Å²) >= 11 is 0. The minimum atomic E-state index is 1.07. The van der Waals surface area contributed by atoms with Gasteiger partial charge in [-0.2, -0.15) is 0 Å². The third-order valence-corrected chi connectivity index (χ3v) is 6.30. The molecule has 2 unspecified atom stereocenters. The zero-order chi connectivity index (χ0) is 14.2. The monoisotopic (exact) mass is 274 g/mol. The lowest BCUT2D eigenvalue weighted by Gasteiger charge is -2.39. The van der Waals surface area contributed by atoms with Crippen LogP contribution in [-0.2, 0) is 0 Å². The van der Waals surface area contributed by atoms with E-state index in [1.165, 1.54) is 64.2 Å². The molecule has 0 aromatic heterocycles. The summed E-state index contributed by atoms with van der Waals surface area (Å²) < 4.78 is 0. The van der Waals surface area contributed by atoms with Gasteiger partial charge in [0, 0.05) is 0 Å². The topological polar surface area (TPSA) is 0 Å². The van der Waals surface area contributed by atoms with E-state index in [1.807, 2.05) is 0 Å². The molecular weight excluding hydrogens is 238 g/mol. The minimum absolute atomic E-state index is 1.07. The van der Waals surface area contributed by atoms with Gasteiger partial charge in [-0.3, -0.25) is 0 Å². The number of hydrogen-bond acceptors (Lipinski definition) is 0. The third-order valence-electron chi connectivity index (χ3n) is 6.30. The summed E-state index contributed by atoms with van der Waals surface area (Å²) in [5.74, 6) is 2.15. The molecule has 0 bridgehead atoms. The summed E-state index contributed by atoms with van der Waals surface area (Å²) in [6, 6.07) is 0. The van der Waals surface area contributed by atoms with Gasteiger partial charge >= 0.3 is 0 Å². The maximum absolute atomic E-state index is 2.42. The highest BCUT2D eigenvalue weighted by molar-refractivity contribution is 6.67. The molecule has 0 radical (unpaired) electrons. The Labute approximate surface area is 129 Å². The van der Waals surface area contributed by atoms with Crippen LogP contribution in [0.2, 0.25) is 36.9 Å². The van der Waals surface area contributed by atoms with Gasteiger partial charge < -0.3 is 0 Å². The van der Waals surface area contributed by atoms with Crippen LogP contribution in [0.25, 0.3) is 0 Å². The van der Waals surface area contributed by atoms with Crippen LogP contribution in [0.15, 0.2) is 0 Å². The van der Waals surface area contributed by atoms with Crippen LogP contribution >= 0.6 is 0 Å². The standard InChI is InChI=1S/C18H36B2/c1-3-11-17(19-13-7-5-8-14-19)18(12-4-2)20-15-9-6-10-16-20/h17-18H,3-16H2,1-2H3. The van der Waals surface area contributed by atoms with E-state index >= 15 is 0 Å². The largest absolute Gasteiger partial charge is 0.142 e. The molecule has 2 aliphatic rings. The van der Waals surface area contributed by atoms with Gasteiger partial charge in [0.25, 0.3) is 0 Å². The average molecular weight is 274 g/mol. The van der Waals surface area contributed by atoms with Gasteiger partial charge in [0.05, 0.1) is 0 Å². The van der Waals surface area contributed by atoms with Crippen LogP contribution in [0.5, 0.6) is 0 Å². The van der Waals surface area contributed by atoms with Crippen LogP contribution in [0.1, 0.15) is 78.1 Å².